The Hall–Kier alpha value is -2.45. The normalized spacial score (nSPS) is 15.1. The van der Waals surface area contributed by atoms with Crippen LogP contribution in [0.2, 0.25) is 0 Å². The minimum Gasteiger partial charge on any atom is -0.408 e. The third kappa shape index (κ3) is 3.30. The lowest BCUT2D eigenvalue weighted by atomic mass is 10.3. The lowest BCUT2D eigenvalue weighted by Gasteiger charge is -2.21. The maximum absolute atomic E-state index is 13.3. The van der Waals surface area contributed by atoms with Gasteiger partial charge in [0, 0.05) is 24.3 Å². The Kier molecular flexibility index (Phi) is 4.39. The van der Waals surface area contributed by atoms with Gasteiger partial charge in [-0.2, -0.15) is 4.31 Å². The van der Waals surface area contributed by atoms with Crippen LogP contribution in [0.5, 0.6) is 0 Å². The molecule has 2 aromatic heterocycles. The first-order chi connectivity index (χ1) is 12.9. The summed E-state index contributed by atoms with van der Waals surface area (Å²) in [7, 11) is -3.73. The minimum absolute atomic E-state index is 0.0139. The number of rotatable bonds is 6. The molecule has 0 radical (unpaired) electrons. The molecule has 3 aromatic rings. The van der Waals surface area contributed by atoms with E-state index in [1.165, 1.54) is 14.9 Å². The number of nitrogens with zero attached hydrogens (tertiary/aromatic N) is 3. The zero-order valence-electron chi connectivity index (χ0n) is 15.2. The van der Waals surface area contributed by atoms with Gasteiger partial charge >= 0.3 is 5.76 Å². The molecule has 142 valence electrons. The largest absolute Gasteiger partial charge is 0.420 e. The van der Waals surface area contributed by atoms with Crippen LogP contribution >= 0.6 is 0 Å². The number of aromatic nitrogens is 2. The zero-order valence-corrected chi connectivity index (χ0v) is 16.0. The number of hydrogen-bond donors (Lipinski definition) is 0. The molecule has 1 fully saturated rings. The van der Waals surface area contributed by atoms with Crippen molar-refractivity contribution in [2.24, 2.45) is 0 Å². The molecular weight excluding hydrogens is 366 g/mol. The van der Waals surface area contributed by atoms with Crippen LogP contribution in [0, 0.1) is 0 Å². The Morgan fingerprint density at radius 1 is 1.26 bits per heavy atom. The van der Waals surface area contributed by atoms with Gasteiger partial charge in [-0.15, -0.1) is 0 Å². The van der Waals surface area contributed by atoms with E-state index in [1.54, 1.807) is 24.4 Å². The number of fused-ring (bicyclic) bond motifs is 1. The zero-order chi connectivity index (χ0) is 19.2. The van der Waals surface area contributed by atoms with Gasteiger partial charge < -0.3 is 4.42 Å². The van der Waals surface area contributed by atoms with Crippen LogP contribution in [-0.4, -0.2) is 28.3 Å². The minimum atomic E-state index is -3.73. The fourth-order valence-corrected chi connectivity index (χ4v) is 4.90. The Labute approximate surface area is 157 Å². The molecule has 0 bridgehead atoms. The van der Waals surface area contributed by atoms with Crippen molar-refractivity contribution in [2.75, 3.05) is 0 Å². The van der Waals surface area contributed by atoms with E-state index in [0.29, 0.717) is 11.2 Å². The maximum atomic E-state index is 13.3. The van der Waals surface area contributed by atoms with E-state index in [1.807, 2.05) is 26.0 Å². The number of sulfonamides is 1. The molecule has 0 aliphatic heterocycles. The van der Waals surface area contributed by atoms with E-state index < -0.39 is 15.8 Å². The molecule has 0 atom stereocenters. The topological polar surface area (TPSA) is 85.4 Å². The molecule has 0 spiro atoms. The van der Waals surface area contributed by atoms with Gasteiger partial charge in [0.15, 0.2) is 5.58 Å². The van der Waals surface area contributed by atoms with Crippen LogP contribution in [-0.2, 0) is 16.6 Å². The highest BCUT2D eigenvalue weighted by atomic mass is 32.2. The van der Waals surface area contributed by atoms with Crippen LogP contribution in [0.15, 0.2) is 56.7 Å². The monoisotopic (exact) mass is 387 g/mol. The molecule has 1 aromatic carbocycles. The van der Waals surface area contributed by atoms with Crippen molar-refractivity contribution < 1.29 is 12.8 Å². The number of benzene rings is 1. The standard InChI is InChI=1S/C19H21N3O4S/c1-13(2)22-17-9-8-16(11-18(17)26-19(22)23)27(24,25)21(15-6-7-15)12-14-5-3-4-10-20-14/h3-5,8-11,13,15H,6-7,12H2,1-2H3. The molecule has 0 saturated heterocycles. The Balaban J connectivity index is 1.74. The fraction of sp³-hybridized carbons (Fsp3) is 0.368. The van der Waals surface area contributed by atoms with Gasteiger partial charge in [0.05, 0.1) is 22.7 Å². The van der Waals surface area contributed by atoms with Gasteiger partial charge in [-0.3, -0.25) is 9.55 Å². The van der Waals surface area contributed by atoms with Crippen LogP contribution in [0.25, 0.3) is 11.1 Å². The molecule has 4 rings (SSSR count). The molecule has 1 aliphatic carbocycles. The van der Waals surface area contributed by atoms with Crippen molar-refractivity contribution in [1.82, 2.24) is 13.9 Å². The number of oxazole rings is 1. The lowest BCUT2D eigenvalue weighted by Crippen LogP contribution is -2.33. The molecule has 7 nitrogen and oxygen atoms in total. The maximum Gasteiger partial charge on any atom is 0.420 e. The second-order valence-corrected chi connectivity index (χ2v) is 8.95. The Bertz CT molecular complexity index is 1130. The highest BCUT2D eigenvalue weighted by Gasteiger charge is 2.38. The molecule has 1 aliphatic rings. The summed E-state index contributed by atoms with van der Waals surface area (Å²) < 4.78 is 34.8. The van der Waals surface area contributed by atoms with Crippen LogP contribution in [0.1, 0.15) is 38.4 Å². The van der Waals surface area contributed by atoms with Crippen LogP contribution < -0.4 is 5.76 Å². The molecular formula is C19H21N3O4S. The quantitative estimate of drug-likeness (QED) is 0.649. The van der Waals surface area contributed by atoms with E-state index >= 15 is 0 Å². The van der Waals surface area contributed by atoms with Gasteiger partial charge in [0.2, 0.25) is 10.0 Å². The van der Waals surface area contributed by atoms with Crippen molar-refractivity contribution in [2.45, 2.75) is 50.2 Å². The van der Waals surface area contributed by atoms with Crippen molar-refractivity contribution in [3.05, 3.63) is 58.8 Å². The van der Waals surface area contributed by atoms with Crippen molar-refractivity contribution in [3.8, 4) is 0 Å². The summed E-state index contributed by atoms with van der Waals surface area (Å²) in [6.45, 7) is 3.98. The van der Waals surface area contributed by atoms with Gasteiger partial charge in [-0.05, 0) is 51.0 Å². The molecule has 1 saturated carbocycles. The molecule has 0 amide bonds. The van der Waals surface area contributed by atoms with Crippen molar-refractivity contribution in [1.29, 1.82) is 0 Å². The summed E-state index contributed by atoms with van der Waals surface area (Å²) in [5.41, 5.74) is 1.58. The molecule has 0 unspecified atom stereocenters. The number of hydrogen-bond acceptors (Lipinski definition) is 5. The molecule has 8 heteroatoms. The average Bonchev–Trinajstić information content (AvgIpc) is 3.40. The van der Waals surface area contributed by atoms with Crippen LogP contribution in [0.4, 0.5) is 0 Å². The van der Waals surface area contributed by atoms with Crippen LogP contribution in [0.3, 0.4) is 0 Å². The summed E-state index contributed by atoms with van der Waals surface area (Å²) in [6.07, 6.45) is 3.34. The SMILES string of the molecule is CC(C)n1c(=O)oc2cc(S(=O)(=O)N(Cc3ccccn3)C3CC3)ccc21. The summed E-state index contributed by atoms with van der Waals surface area (Å²) >= 11 is 0. The first kappa shape index (κ1) is 17.9. The Morgan fingerprint density at radius 2 is 2.04 bits per heavy atom. The average molecular weight is 387 g/mol. The van der Waals surface area contributed by atoms with E-state index in [9.17, 15) is 13.2 Å². The summed E-state index contributed by atoms with van der Waals surface area (Å²) in [6, 6.07) is 9.99. The molecule has 2 heterocycles. The predicted molar refractivity (Wildman–Crippen MR) is 101 cm³/mol. The van der Waals surface area contributed by atoms with E-state index in [4.69, 9.17) is 4.42 Å². The van der Waals surface area contributed by atoms with Gasteiger partial charge in [-0.25, -0.2) is 13.2 Å². The van der Waals surface area contributed by atoms with E-state index in [-0.39, 0.29) is 29.1 Å². The van der Waals surface area contributed by atoms with Crippen molar-refractivity contribution >= 4 is 21.1 Å². The second kappa shape index (κ2) is 6.61. The summed E-state index contributed by atoms with van der Waals surface area (Å²) in [5, 5.41) is 0. The molecule has 27 heavy (non-hydrogen) atoms. The Morgan fingerprint density at radius 3 is 2.67 bits per heavy atom. The molecule has 0 N–H and O–H groups in total. The van der Waals surface area contributed by atoms with E-state index in [2.05, 4.69) is 4.98 Å². The fourth-order valence-electron chi connectivity index (χ4n) is 3.23. The third-order valence-electron chi connectivity index (χ3n) is 4.71. The number of pyridine rings is 1. The van der Waals surface area contributed by atoms with Gasteiger partial charge in [0.25, 0.3) is 0 Å². The highest BCUT2D eigenvalue weighted by Crippen LogP contribution is 2.34. The first-order valence-corrected chi connectivity index (χ1v) is 10.4. The predicted octanol–water partition coefficient (Wildman–Crippen LogP) is 2.92. The van der Waals surface area contributed by atoms with Gasteiger partial charge in [0.1, 0.15) is 0 Å². The summed E-state index contributed by atoms with van der Waals surface area (Å²) in [5.74, 6) is -0.484. The summed E-state index contributed by atoms with van der Waals surface area (Å²) in [4.78, 5) is 16.4. The lowest BCUT2D eigenvalue weighted by molar-refractivity contribution is 0.394. The second-order valence-electron chi connectivity index (χ2n) is 7.06. The first-order valence-electron chi connectivity index (χ1n) is 8.95. The third-order valence-corrected chi connectivity index (χ3v) is 6.60. The van der Waals surface area contributed by atoms with Gasteiger partial charge in [-0.1, -0.05) is 6.07 Å². The highest BCUT2D eigenvalue weighted by molar-refractivity contribution is 7.89. The van der Waals surface area contributed by atoms with E-state index in [0.717, 1.165) is 12.8 Å². The van der Waals surface area contributed by atoms with Crippen molar-refractivity contribution in [3.63, 3.8) is 0 Å². The smallest absolute Gasteiger partial charge is 0.408 e.